The maximum absolute atomic E-state index is 11.8. The Labute approximate surface area is 88.6 Å². The lowest BCUT2D eigenvalue weighted by Crippen LogP contribution is -2.24. The van der Waals surface area contributed by atoms with Crippen molar-refractivity contribution in [2.45, 2.75) is 6.92 Å². The predicted molar refractivity (Wildman–Crippen MR) is 56.6 cm³/mol. The van der Waals surface area contributed by atoms with Crippen molar-refractivity contribution >= 4 is 27.5 Å². The SMILES string of the molecule is Cc1csc2nc(C(=O)O)n(C)c(=O)c12. The first-order valence-corrected chi connectivity index (χ1v) is 5.08. The minimum Gasteiger partial charge on any atom is -0.475 e. The highest BCUT2D eigenvalue weighted by atomic mass is 32.1. The lowest BCUT2D eigenvalue weighted by Gasteiger charge is -2.02. The van der Waals surface area contributed by atoms with Gasteiger partial charge in [0.2, 0.25) is 5.82 Å². The number of thiophene rings is 1. The Morgan fingerprint density at radius 1 is 1.60 bits per heavy atom. The Bertz CT molecular complexity index is 612. The number of carboxylic acids is 1. The van der Waals surface area contributed by atoms with Gasteiger partial charge in [-0.3, -0.25) is 9.36 Å². The summed E-state index contributed by atoms with van der Waals surface area (Å²) in [6, 6.07) is 0. The zero-order valence-corrected chi connectivity index (χ0v) is 8.96. The number of aromatic carboxylic acids is 1. The Morgan fingerprint density at radius 2 is 2.27 bits per heavy atom. The van der Waals surface area contributed by atoms with E-state index in [1.54, 1.807) is 5.38 Å². The molecule has 0 aliphatic heterocycles. The summed E-state index contributed by atoms with van der Waals surface area (Å²) in [4.78, 5) is 27.0. The van der Waals surface area contributed by atoms with E-state index in [1.165, 1.54) is 18.4 Å². The van der Waals surface area contributed by atoms with Gasteiger partial charge in [0.05, 0.1) is 5.39 Å². The molecular weight excluding hydrogens is 216 g/mol. The van der Waals surface area contributed by atoms with E-state index in [9.17, 15) is 9.59 Å². The minimum absolute atomic E-state index is 0.227. The number of carbonyl (C=O) groups is 1. The van der Waals surface area contributed by atoms with Gasteiger partial charge in [-0.2, -0.15) is 0 Å². The van der Waals surface area contributed by atoms with Crippen LogP contribution in [0, 0.1) is 6.92 Å². The van der Waals surface area contributed by atoms with Crippen LogP contribution in [0.25, 0.3) is 10.2 Å². The van der Waals surface area contributed by atoms with Crippen LogP contribution in [-0.4, -0.2) is 20.6 Å². The number of fused-ring (bicyclic) bond motifs is 1. The van der Waals surface area contributed by atoms with Gasteiger partial charge in [-0.15, -0.1) is 11.3 Å². The average molecular weight is 224 g/mol. The number of aromatic nitrogens is 2. The lowest BCUT2D eigenvalue weighted by molar-refractivity contribution is 0.0678. The number of rotatable bonds is 1. The van der Waals surface area contributed by atoms with Gasteiger partial charge in [0.1, 0.15) is 4.83 Å². The summed E-state index contributed by atoms with van der Waals surface area (Å²) < 4.78 is 1.06. The molecule has 2 aromatic heterocycles. The molecule has 0 saturated carbocycles. The third-order valence-electron chi connectivity index (χ3n) is 2.19. The van der Waals surface area contributed by atoms with Crippen LogP contribution in [-0.2, 0) is 7.05 Å². The topological polar surface area (TPSA) is 72.2 Å². The molecule has 0 unspecified atom stereocenters. The van der Waals surface area contributed by atoms with Gasteiger partial charge in [-0.1, -0.05) is 0 Å². The predicted octanol–water partition coefficient (Wildman–Crippen LogP) is 1.00. The van der Waals surface area contributed by atoms with E-state index >= 15 is 0 Å². The van der Waals surface area contributed by atoms with Crippen LogP contribution in [0.15, 0.2) is 10.2 Å². The standard InChI is InChI=1S/C9H8N2O3S/c1-4-3-15-7-5(4)8(12)11(2)6(10-7)9(13)14/h3H,1-2H3,(H,13,14). The summed E-state index contributed by atoms with van der Waals surface area (Å²) in [5, 5.41) is 11.1. The highest BCUT2D eigenvalue weighted by molar-refractivity contribution is 7.16. The molecule has 1 N–H and O–H groups in total. The van der Waals surface area contributed by atoms with Gasteiger partial charge in [0.15, 0.2) is 0 Å². The van der Waals surface area contributed by atoms with E-state index in [2.05, 4.69) is 4.98 Å². The molecular formula is C9H8N2O3S. The molecule has 15 heavy (non-hydrogen) atoms. The first kappa shape index (κ1) is 9.85. The average Bonchev–Trinajstić information content (AvgIpc) is 2.53. The number of hydrogen-bond donors (Lipinski definition) is 1. The highest BCUT2D eigenvalue weighted by Crippen LogP contribution is 2.20. The summed E-state index contributed by atoms with van der Waals surface area (Å²) in [5.74, 6) is -1.42. The fraction of sp³-hybridized carbons (Fsp3) is 0.222. The first-order valence-electron chi connectivity index (χ1n) is 4.20. The normalized spacial score (nSPS) is 10.8. The fourth-order valence-corrected chi connectivity index (χ4v) is 2.31. The van der Waals surface area contributed by atoms with Crippen LogP contribution in [0.2, 0.25) is 0 Å². The second-order valence-electron chi connectivity index (χ2n) is 3.20. The van der Waals surface area contributed by atoms with E-state index in [-0.39, 0.29) is 11.4 Å². The van der Waals surface area contributed by atoms with Crippen molar-refractivity contribution in [2.75, 3.05) is 0 Å². The van der Waals surface area contributed by atoms with Crippen LogP contribution in [0.3, 0.4) is 0 Å². The Hall–Kier alpha value is -1.69. The molecule has 2 rings (SSSR count). The maximum Gasteiger partial charge on any atom is 0.372 e. The number of nitrogens with zero attached hydrogens (tertiary/aromatic N) is 2. The van der Waals surface area contributed by atoms with Crippen LogP contribution >= 0.6 is 11.3 Å². The summed E-state index contributed by atoms with van der Waals surface area (Å²) in [6.07, 6.45) is 0. The van der Waals surface area contributed by atoms with Gasteiger partial charge in [-0.25, -0.2) is 9.78 Å². The van der Waals surface area contributed by atoms with Crippen LogP contribution in [0.5, 0.6) is 0 Å². The zero-order chi connectivity index (χ0) is 11.2. The fourth-order valence-electron chi connectivity index (χ4n) is 1.40. The lowest BCUT2D eigenvalue weighted by atomic mass is 10.3. The van der Waals surface area contributed by atoms with Gasteiger partial charge >= 0.3 is 5.97 Å². The molecule has 0 saturated heterocycles. The molecule has 2 aromatic rings. The third kappa shape index (κ3) is 1.33. The smallest absolute Gasteiger partial charge is 0.372 e. The quantitative estimate of drug-likeness (QED) is 0.784. The number of aryl methyl sites for hydroxylation is 1. The number of hydrogen-bond acceptors (Lipinski definition) is 4. The van der Waals surface area contributed by atoms with E-state index in [4.69, 9.17) is 5.11 Å². The van der Waals surface area contributed by atoms with Crippen molar-refractivity contribution in [1.29, 1.82) is 0 Å². The second-order valence-corrected chi connectivity index (χ2v) is 4.06. The van der Waals surface area contributed by atoms with Crippen molar-refractivity contribution in [3.8, 4) is 0 Å². The van der Waals surface area contributed by atoms with Crippen molar-refractivity contribution < 1.29 is 9.90 Å². The van der Waals surface area contributed by atoms with E-state index in [0.29, 0.717) is 10.2 Å². The molecule has 0 fully saturated rings. The van der Waals surface area contributed by atoms with Crippen molar-refractivity contribution in [2.24, 2.45) is 7.05 Å². The third-order valence-corrected chi connectivity index (χ3v) is 3.18. The van der Waals surface area contributed by atoms with Crippen LogP contribution in [0.4, 0.5) is 0 Å². The summed E-state index contributed by atoms with van der Waals surface area (Å²) >= 11 is 1.28. The zero-order valence-electron chi connectivity index (χ0n) is 8.14. The molecule has 78 valence electrons. The molecule has 5 nitrogen and oxygen atoms in total. The first-order chi connectivity index (χ1) is 7.02. The van der Waals surface area contributed by atoms with E-state index in [1.807, 2.05) is 6.92 Å². The van der Waals surface area contributed by atoms with Crippen molar-refractivity contribution in [3.05, 3.63) is 27.1 Å². The number of carboxylic acid groups (broad SMARTS) is 1. The van der Waals surface area contributed by atoms with Crippen LogP contribution < -0.4 is 5.56 Å². The minimum atomic E-state index is -1.19. The molecule has 0 amide bonds. The van der Waals surface area contributed by atoms with Gasteiger partial charge in [0.25, 0.3) is 5.56 Å². The monoisotopic (exact) mass is 224 g/mol. The van der Waals surface area contributed by atoms with E-state index in [0.717, 1.165) is 10.1 Å². The molecule has 0 aliphatic rings. The second kappa shape index (κ2) is 3.16. The molecule has 0 aromatic carbocycles. The highest BCUT2D eigenvalue weighted by Gasteiger charge is 2.15. The molecule has 2 heterocycles. The summed E-state index contributed by atoms with van der Waals surface area (Å²) in [7, 11) is 1.41. The Balaban J connectivity index is 2.97. The van der Waals surface area contributed by atoms with Crippen molar-refractivity contribution in [1.82, 2.24) is 9.55 Å². The Kier molecular flexibility index (Phi) is 2.08. The van der Waals surface area contributed by atoms with Gasteiger partial charge in [-0.05, 0) is 17.9 Å². The molecule has 0 bridgehead atoms. The molecule has 6 heteroatoms. The maximum atomic E-state index is 11.8. The summed E-state index contributed by atoms with van der Waals surface area (Å²) in [5.41, 5.74) is 0.524. The van der Waals surface area contributed by atoms with Gasteiger partial charge in [0, 0.05) is 7.05 Å². The molecule has 0 radical (unpaired) electrons. The molecule has 0 spiro atoms. The van der Waals surface area contributed by atoms with E-state index < -0.39 is 5.97 Å². The molecule has 0 aliphatic carbocycles. The van der Waals surface area contributed by atoms with Gasteiger partial charge < -0.3 is 5.11 Å². The van der Waals surface area contributed by atoms with Crippen molar-refractivity contribution in [3.63, 3.8) is 0 Å². The molecule has 0 atom stereocenters. The summed E-state index contributed by atoms with van der Waals surface area (Å²) in [6.45, 7) is 1.81. The van der Waals surface area contributed by atoms with Crippen LogP contribution in [0.1, 0.15) is 16.2 Å². The Morgan fingerprint density at radius 3 is 2.87 bits per heavy atom. The largest absolute Gasteiger partial charge is 0.475 e.